The first kappa shape index (κ1) is 11.0. The Morgan fingerprint density at radius 3 is 2.21 bits per heavy atom. The smallest absolute Gasteiger partial charge is 0.199 e. The van der Waals surface area contributed by atoms with E-state index in [0.29, 0.717) is 6.07 Å². The molecule has 0 bridgehead atoms. The molecule has 76 valence electrons. The van der Waals surface area contributed by atoms with Crippen LogP contribution in [0.4, 0.5) is 23.2 Å². The van der Waals surface area contributed by atoms with Crippen LogP contribution in [0.2, 0.25) is 0 Å². The summed E-state index contributed by atoms with van der Waals surface area (Å²) in [5.74, 6) is -6.85. The third-order valence-corrected chi connectivity index (χ3v) is 1.44. The Labute approximate surface area is 82.0 Å². The van der Waals surface area contributed by atoms with Crippen LogP contribution in [0.3, 0.4) is 0 Å². The average Bonchev–Trinajstić information content (AvgIpc) is 2.10. The first-order chi connectivity index (χ1) is 6.43. The van der Waals surface area contributed by atoms with Gasteiger partial charge in [0.2, 0.25) is 0 Å². The van der Waals surface area contributed by atoms with E-state index in [0.717, 1.165) is 0 Å². The van der Waals surface area contributed by atoms with Crippen molar-refractivity contribution in [3.63, 3.8) is 0 Å². The Morgan fingerprint density at radius 1 is 1.14 bits per heavy atom. The molecule has 1 nitrogen and oxygen atoms in total. The number of aliphatic imine (C=N–C) groups is 1. The van der Waals surface area contributed by atoms with Crippen LogP contribution in [-0.4, -0.2) is 5.17 Å². The van der Waals surface area contributed by atoms with E-state index in [1.165, 1.54) is 6.92 Å². The topological polar surface area (TPSA) is 12.4 Å². The summed E-state index contributed by atoms with van der Waals surface area (Å²) in [6, 6.07) is 0.430. The van der Waals surface area contributed by atoms with Gasteiger partial charge in [0.1, 0.15) is 10.9 Å². The summed E-state index contributed by atoms with van der Waals surface area (Å²) in [7, 11) is 0. The van der Waals surface area contributed by atoms with Crippen LogP contribution < -0.4 is 0 Å². The van der Waals surface area contributed by atoms with Crippen molar-refractivity contribution in [3.8, 4) is 0 Å². The molecule has 0 saturated heterocycles. The number of hydrogen-bond acceptors (Lipinski definition) is 1. The average molecular weight is 226 g/mol. The van der Waals surface area contributed by atoms with Gasteiger partial charge < -0.3 is 0 Å². The van der Waals surface area contributed by atoms with Crippen molar-refractivity contribution in [3.05, 3.63) is 29.3 Å². The van der Waals surface area contributed by atoms with E-state index in [4.69, 9.17) is 11.6 Å². The van der Waals surface area contributed by atoms with Gasteiger partial charge in [-0.05, 0) is 6.92 Å². The number of nitrogens with zero attached hydrogens (tertiary/aromatic N) is 1. The molecule has 0 radical (unpaired) electrons. The minimum absolute atomic E-state index is 0.116. The fourth-order valence-electron chi connectivity index (χ4n) is 0.808. The molecule has 0 spiro atoms. The van der Waals surface area contributed by atoms with Gasteiger partial charge >= 0.3 is 0 Å². The molecule has 6 heteroatoms. The highest BCUT2D eigenvalue weighted by Gasteiger charge is 2.18. The maximum atomic E-state index is 12.9. The van der Waals surface area contributed by atoms with Crippen LogP contribution in [-0.2, 0) is 0 Å². The van der Waals surface area contributed by atoms with Gasteiger partial charge in [0.15, 0.2) is 23.3 Å². The predicted octanol–water partition coefficient (Wildman–Crippen LogP) is 3.53. The van der Waals surface area contributed by atoms with E-state index in [9.17, 15) is 17.6 Å². The second-order valence-corrected chi connectivity index (χ2v) is 2.98. The van der Waals surface area contributed by atoms with Crippen molar-refractivity contribution >= 4 is 22.5 Å². The molecule has 0 heterocycles. The first-order valence-corrected chi connectivity index (χ1v) is 3.85. The number of benzene rings is 1. The molecule has 0 atom stereocenters. The number of halogens is 5. The molecule has 1 aromatic carbocycles. The molecule has 0 aromatic heterocycles. The lowest BCUT2D eigenvalue weighted by Gasteiger charge is -2.00. The molecular formula is C8H4ClF4N. The number of hydrogen-bond donors (Lipinski definition) is 0. The summed E-state index contributed by atoms with van der Waals surface area (Å²) >= 11 is 5.27. The van der Waals surface area contributed by atoms with Gasteiger partial charge in [-0.3, -0.25) is 0 Å². The Balaban J connectivity index is 3.41. The number of rotatable bonds is 1. The SMILES string of the molecule is CC(Cl)=Nc1cc(F)c(F)c(F)c1F. The second-order valence-electron chi connectivity index (χ2n) is 2.43. The minimum Gasteiger partial charge on any atom is -0.238 e. The lowest BCUT2D eigenvalue weighted by atomic mass is 10.2. The van der Waals surface area contributed by atoms with Crippen LogP contribution in [0.15, 0.2) is 11.1 Å². The van der Waals surface area contributed by atoms with Crippen molar-refractivity contribution in [2.24, 2.45) is 4.99 Å². The van der Waals surface area contributed by atoms with E-state index in [2.05, 4.69) is 4.99 Å². The molecule has 0 aliphatic heterocycles. The van der Waals surface area contributed by atoms with Crippen molar-refractivity contribution in [2.75, 3.05) is 0 Å². The third-order valence-electron chi connectivity index (χ3n) is 1.36. The molecule has 1 aromatic rings. The molecule has 0 unspecified atom stereocenters. The van der Waals surface area contributed by atoms with Gasteiger partial charge in [0.05, 0.1) is 0 Å². The molecule has 0 fully saturated rings. The summed E-state index contributed by atoms with van der Waals surface area (Å²) in [6.07, 6.45) is 0. The van der Waals surface area contributed by atoms with Crippen molar-refractivity contribution < 1.29 is 17.6 Å². The highest BCUT2D eigenvalue weighted by Crippen LogP contribution is 2.25. The van der Waals surface area contributed by atoms with Crippen molar-refractivity contribution in [1.82, 2.24) is 0 Å². The Morgan fingerprint density at radius 2 is 1.71 bits per heavy atom. The zero-order chi connectivity index (χ0) is 10.9. The standard InChI is InChI=1S/C8H4ClF4N/c1-3(9)14-5-2-4(10)6(11)8(13)7(5)12/h2H,1H3. The Hall–Kier alpha value is -1.10. The van der Waals surface area contributed by atoms with E-state index in [1.807, 2.05) is 0 Å². The van der Waals surface area contributed by atoms with Crippen LogP contribution >= 0.6 is 11.6 Å². The van der Waals surface area contributed by atoms with Gasteiger partial charge in [0.25, 0.3) is 0 Å². The summed E-state index contributed by atoms with van der Waals surface area (Å²) in [4.78, 5) is 3.28. The van der Waals surface area contributed by atoms with E-state index in [-0.39, 0.29) is 5.17 Å². The fourth-order valence-corrected chi connectivity index (χ4v) is 0.899. The summed E-state index contributed by atoms with van der Waals surface area (Å²) in [6.45, 7) is 1.29. The van der Waals surface area contributed by atoms with E-state index in [1.54, 1.807) is 0 Å². The van der Waals surface area contributed by atoms with Gasteiger partial charge in [-0.2, -0.15) is 0 Å². The van der Waals surface area contributed by atoms with E-state index < -0.39 is 29.0 Å². The molecule has 0 aliphatic rings. The molecule has 0 saturated carbocycles. The van der Waals surface area contributed by atoms with Crippen LogP contribution in [0.1, 0.15) is 6.92 Å². The van der Waals surface area contributed by atoms with Crippen LogP contribution in [0, 0.1) is 23.3 Å². The fraction of sp³-hybridized carbons (Fsp3) is 0.125. The zero-order valence-electron chi connectivity index (χ0n) is 6.91. The van der Waals surface area contributed by atoms with Gasteiger partial charge in [-0.15, -0.1) is 0 Å². The van der Waals surface area contributed by atoms with Gasteiger partial charge in [0, 0.05) is 6.07 Å². The monoisotopic (exact) mass is 225 g/mol. The first-order valence-electron chi connectivity index (χ1n) is 3.47. The molecular weight excluding hydrogens is 222 g/mol. The Bertz CT molecular complexity index is 399. The second kappa shape index (κ2) is 3.96. The minimum atomic E-state index is -1.90. The highest BCUT2D eigenvalue weighted by molar-refractivity contribution is 6.65. The molecule has 0 aliphatic carbocycles. The lowest BCUT2D eigenvalue weighted by molar-refractivity contribution is 0.410. The van der Waals surface area contributed by atoms with Crippen LogP contribution in [0.5, 0.6) is 0 Å². The lowest BCUT2D eigenvalue weighted by Crippen LogP contribution is -1.95. The summed E-state index contributed by atoms with van der Waals surface area (Å²) < 4.78 is 50.5. The molecule has 0 amide bonds. The maximum absolute atomic E-state index is 12.9. The predicted molar refractivity (Wildman–Crippen MR) is 44.9 cm³/mol. The van der Waals surface area contributed by atoms with E-state index >= 15 is 0 Å². The van der Waals surface area contributed by atoms with Crippen LogP contribution in [0.25, 0.3) is 0 Å². The molecule has 0 N–H and O–H groups in total. The summed E-state index contributed by atoms with van der Waals surface area (Å²) in [5, 5.41) is -0.116. The molecule has 14 heavy (non-hydrogen) atoms. The quantitative estimate of drug-likeness (QED) is 0.300. The largest absolute Gasteiger partial charge is 0.238 e. The third kappa shape index (κ3) is 2.04. The van der Waals surface area contributed by atoms with Crippen molar-refractivity contribution in [2.45, 2.75) is 6.92 Å². The Kier molecular flexibility index (Phi) is 3.10. The highest BCUT2D eigenvalue weighted by atomic mass is 35.5. The van der Waals surface area contributed by atoms with Gasteiger partial charge in [-0.25, -0.2) is 22.6 Å². The van der Waals surface area contributed by atoms with Gasteiger partial charge in [-0.1, -0.05) is 11.6 Å². The normalized spacial score (nSPS) is 12.0. The maximum Gasteiger partial charge on any atom is 0.199 e. The molecule has 1 rings (SSSR count). The summed E-state index contributed by atoms with van der Waals surface area (Å²) in [5.41, 5.74) is -0.672. The zero-order valence-corrected chi connectivity index (χ0v) is 7.67. The van der Waals surface area contributed by atoms with Crippen molar-refractivity contribution in [1.29, 1.82) is 0 Å².